The largest absolute Gasteiger partial charge is 0.507 e. The second kappa shape index (κ2) is 9.93. The molecule has 0 aliphatic carbocycles. The lowest BCUT2D eigenvalue weighted by atomic mass is 9.98. The minimum Gasteiger partial charge on any atom is -0.507 e. The fourth-order valence-corrected chi connectivity index (χ4v) is 4.96. The lowest BCUT2D eigenvalue weighted by Crippen LogP contribution is -2.33. The molecule has 2 fully saturated rings. The van der Waals surface area contributed by atoms with Gasteiger partial charge in [-0.2, -0.15) is 0 Å². The normalized spacial score (nSPS) is 20.2. The molecule has 5 rings (SSSR count). The van der Waals surface area contributed by atoms with Gasteiger partial charge >= 0.3 is 0 Å². The summed E-state index contributed by atoms with van der Waals surface area (Å²) < 4.78 is 11.2. The number of carbonyl (C=O) groups is 2. The zero-order chi connectivity index (χ0) is 25.2. The van der Waals surface area contributed by atoms with Crippen LogP contribution in [0.25, 0.3) is 5.76 Å². The molecule has 7 nitrogen and oxygen atoms in total. The molecular weight excluding hydrogens is 456 g/mol. The number of ether oxygens (including phenoxy) is 1. The van der Waals surface area contributed by atoms with E-state index < -0.39 is 17.7 Å². The second-order valence-electron chi connectivity index (χ2n) is 9.33. The van der Waals surface area contributed by atoms with E-state index >= 15 is 0 Å². The first-order valence-corrected chi connectivity index (χ1v) is 12.4. The number of carbonyl (C=O) groups excluding carboxylic acids is 2. The molecule has 0 bridgehead atoms. The highest BCUT2D eigenvalue weighted by atomic mass is 16.5. The summed E-state index contributed by atoms with van der Waals surface area (Å²) >= 11 is 0. The highest BCUT2D eigenvalue weighted by Gasteiger charge is 2.48. The molecule has 2 aliphatic heterocycles. The Kier molecular flexibility index (Phi) is 6.55. The molecule has 3 heterocycles. The van der Waals surface area contributed by atoms with Gasteiger partial charge in [-0.25, -0.2) is 0 Å². The Morgan fingerprint density at radius 1 is 1.03 bits per heavy atom. The van der Waals surface area contributed by atoms with Crippen LogP contribution < -0.4 is 14.5 Å². The van der Waals surface area contributed by atoms with Crippen LogP contribution in [0.2, 0.25) is 0 Å². The Morgan fingerprint density at radius 2 is 1.75 bits per heavy atom. The van der Waals surface area contributed by atoms with Crippen LogP contribution in [0.4, 0.5) is 11.4 Å². The van der Waals surface area contributed by atoms with Crippen molar-refractivity contribution in [1.29, 1.82) is 0 Å². The van der Waals surface area contributed by atoms with E-state index in [0.717, 1.165) is 37.5 Å². The highest BCUT2D eigenvalue weighted by Crippen LogP contribution is 2.43. The number of Topliss-reactive ketones (excluding diaryl/α,β-unsaturated/α-hetero) is 1. The summed E-state index contributed by atoms with van der Waals surface area (Å²) in [4.78, 5) is 30.3. The third-order valence-electron chi connectivity index (χ3n) is 6.95. The molecule has 1 atom stereocenters. The third kappa shape index (κ3) is 4.37. The predicted octanol–water partition coefficient (Wildman–Crippen LogP) is 5.54. The van der Waals surface area contributed by atoms with Crippen LogP contribution in [-0.2, 0) is 9.59 Å². The van der Waals surface area contributed by atoms with Crippen LogP contribution in [0, 0.1) is 5.92 Å². The van der Waals surface area contributed by atoms with E-state index in [2.05, 4.69) is 11.8 Å². The van der Waals surface area contributed by atoms with E-state index in [9.17, 15) is 14.7 Å². The van der Waals surface area contributed by atoms with E-state index in [1.54, 1.807) is 36.4 Å². The van der Waals surface area contributed by atoms with Gasteiger partial charge in [0.05, 0.1) is 18.4 Å². The molecular formula is C29H30N2O5. The van der Waals surface area contributed by atoms with E-state index in [0.29, 0.717) is 29.4 Å². The van der Waals surface area contributed by atoms with Crippen molar-refractivity contribution in [3.8, 4) is 5.75 Å². The van der Waals surface area contributed by atoms with Gasteiger partial charge < -0.3 is 19.2 Å². The molecule has 0 saturated carbocycles. The molecule has 1 aromatic heterocycles. The van der Waals surface area contributed by atoms with Gasteiger partial charge in [0.2, 0.25) is 0 Å². The number of amides is 1. The van der Waals surface area contributed by atoms with Crippen molar-refractivity contribution in [2.75, 3.05) is 29.5 Å². The van der Waals surface area contributed by atoms with Crippen LogP contribution >= 0.6 is 0 Å². The molecule has 0 radical (unpaired) electrons. The molecule has 0 spiro atoms. The van der Waals surface area contributed by atoms with Crippen LogP contribution in [0.1, 0.15) is 44.1 Å². The van der Waals surface area contributed by atoms with Crippen LogP contribution in [0.5, 0.6) is 5.75 Å². The molecule has 2 saturated heterocycles. The molecule has 186 valence electrons. The summed E-state index contributed by atoms with van der Waals surface area (Å²) in [6.45, 7) is 6.61. The smallest absolute Gasteiger partial charge is 0.300 e. The van der Waals surface area contributed by atoms with Crippen molar-refractivity contribution in [3.05, 3.63) is 83.8 Å². The Morgan fingerprint density at radius 3 is 2.42 bits per heavy atom. The highest BCUT2D eigenvalue weighted by molar-refractivity contribution is 6.51. The van der Waals surface area contributed by atoms with Crippen molar-refractivity contribution >= 4 is 28.8 Å². The van der Waals surface area contributed by atoms with Gasteiger partial charge in [0.1, 0.15) is 23.3 Å². The number of ketones is 1. The molecule has 7 heteroatoms. The standard InChI is InChI=1S/C29H30N2O5/c1-3-35-23-7-4-6-20(18-23)27(32)25-26(24-8-5-17-36-24)31(29(34)28(25)33)22-11-9-21(10-12-22)30-15-13-19(2)14-16-30/h4-12,17-19,26,32H,3,13-16H2,1-2H3/b27-25-. The monoisotopic (exact) mass is 486 g/mol. The number of anilines is 2. The third-order valence-corrected chi connectivity index (χ3v) is 6.95. The van der Waals surface area contributed by atoms with Gasteiger partial charge in [0.15, 0.2) is 0 Å². The van der Waals surface area contributed by atoms with E-state index in [1.165, 1.54) is 11.2 Å². The fraction of sp³-hybridized carbons (Fsp3) is 0.310. The average molecular weight is 487 g/mol. The van der Waals surface area contributed by atoms with Gasteiger partial charge in [0, 0.05) is 30.0 Å². The fourth-order valence-electron chi connectivity index (χ4n) is 4.96. The van der Waals surface area contributed by atoms with Crippen molar-refractivity contribution in [3.63, 3.8) is 0 Å². The number of hydrogen-bond acceptors (Lipinski definition) is 6. The Labute approximate surface area is 210 Å². The van der Waals surface area contributed by atoms with E-state index in [4.69, 9.17) is 9.15 Å². The summed E-state index contributed by atoms with van der Waals surface area (Å²) in [5.41, 5.74) is 2.03. The van der Waals surface area contributed by atoms with Crippen molar-refractivity contribution in [2.45, 2.75) is 32.7 Å². The summed E-state index contributed by atoms with van der Waals surface area (Å²) in [7, 11) is 0. The number of hydrogen-bond donors (Lipinski definition) is 1. The number of aliphatic hydroxyl groups is 1. The van der Waals surface area contributed by atoms with Gasteiger partial charge in [-0.3, -0.25) is 14.5 Å². The molecule has 3 aromatic rings. The van der Waals surface area contributed by atoms with Crippen molar-refractivity contribution < 1.29 is 23.8 Å². The number of aliphatic hydroxyl groups excluding tert-OH is 1. The molecule has 1 amide bonds. The summed E-state index contributed by atoms with van der Waals surface area (Å²) in [6, 6.07) is 17.0. The quantitative estimate of drug-likeness (QED) is 0.280. The summed E-state index contributed by atoms with van der Waals surface area (Å²) in [5.74, 6) is -0.0464. The number of rotatable bonds is 6. The van der Waals surface area contributed by atoms with Gasteiger partial charge in [-0.05, 0) is 74.2 Å². The maximum atomic E-state index is 13.3. The van der Waals surface area contributed by atoms with E-state index in [1.807, 2.05) is 31.2 Å². The Bertz CT molecular complexity index is 1270. The topological polar surface area (TPSA) is 83.2 Å². The first kappa shape index (κ1) is 23.7. The Balaban J connectivity index is 1.54. The number of nitrogens with zero attached hydrogens (tertiary/aromatic N) is 2. The number of piperidine rings is 1. The lowest BCUT2D eigenvalue weighted by molar-refractivity contribution is -0.132. The second-order valence-corrected chi connectivity index (χ2v) is 9.33. The zero-order valence-electron chi connectivity index (χ0n) is 20.5. The number of furan rings is 1. The van der Waals surface area contributed by atoms with Crippen LogP contribution in [0.3, 0.4) is 0 Å². The lowest BCUT2D eigenvalue weighted by Gasteiger charge is -2.32. The maximum Gasteiger partial charge on any atom is 0.300 e. The van der Waals surface area contributed by atoms with Gasteiger partial charge in [0.25, 0.3) is 11.7 Å². The maximum absolute atomic E-state index is 13.3. The molecule has 2 aliphatic rings. The average Bonchev–Trinajstić information content (AvgIpc) is 3.51. The first-order chi connectivity index (χ1) is 17.5. The van der Waals surface area contributed by atoms with Gasteiger partial charge in [-0.1, -0.05) is 19.1 Å². The van der Waals surface area contributed by atoms with Gasteiger partial charge in [-0.15, -0.1) is 0 Å². The minimum atomic E-state index is -0.891. The van der Waals surface area contributed by atoms with Crippen LogP contribution in [0.15, 0.2) is 76.9 Å². The Hall–Kier alpha value is -4.00. The van der Waals surface area contributed by atoms with Crippen molar-refractivity contribution in [1.82, 2.24) is 0 Å². The zero-order valence-corrected chi connectivity index (χ0v) is 20.5. The summed E-state index contributed by atoms with van der Waals surface area (Å²) in [6.07, 6.45) is 3.80. The van der Waals surface area contributed by atoms with E-state index in [-0.39, 0.29) is 11.3 Å². The predicted molar refractivity (Wildman–Crippen MR) is 138 cm³/mol. The molecule has 36 heavy (non-hydrogen) atoms. The summed E-state index contributed by atoms with van der Waals surface area (Å²) in [5, 5.41) is 11.2. The first-order valence-electron chi connectivity index (χ1n) is 12.4. The minimum absolute atomic E-state index is 0.0160. The molecule has 1 unspecified atom stereocenters. The van der Waals surface area contributed by atoms with Crippen molar-refractivity contribution in [2.24, 2.45) is 5.92 Å². The van der Waals surface area contributed by atoms with Crippen LogP contribution in [-0.4, -0.2) is 36.5 Å². The number of benzene rings is 2. The molecule has 1 N–H and O–H groups in total. The SMILES string of the molecule is CCOc1cccc(/C(O)=C2/C(=O)C(=O)N(c3ccc(N4CCC(C)CC4)cc3)C2c2ccco2)c1. The molecule has 2 aromatic carbocycles.